The maximum Gasteiger partial charge on any atom is 0.358 e. The highest BCUT2D eigenvalue weighted by Crippen LogP contribution is 2.27. The zero-order valence-electron chi connectivity index (χ0n) is 10.8. The number of phenols is 1. The first-order valence-corrected chi connectivity index (χ1v) is 7.01. The summed E-state index contributed by atoms with van der Waals surface area (Å²) in [6.45, 7) is 0.335. The third kappa shape index (κ3) is 2.63. The van der Waals surface area contributed by atoms with Gasteiger partial charge in [-0.25, -0.2) is 9.48 Å². The van der Waals surface area contributed by atoms with Crippen molar-refractivity contribution in [3.8, 4) is 16.3 Å². The zero-order valence-corrected chi connectivity index (χ0v) is 11.6. The van der Waals surface area contributed by atoms with Gasteiger partial charge in [-0.3, -0.25) is 0 Å². The average Bonchev–Trinajstić information content (AvgIpc) is 3.06. The van der Waals surface area contributed by atoms with Crippen LogP contribution >= 0.6 is 11.3 Å². The second-order valence-corrected chi connectivity index (χ2v) is 5.34. The lowest BCUT2D eigenvalue weighted by Crippen LogP contribution is -2.05. The van der Waals surface area contributed by atoms with Gasteiger partial charge in [-0.2, -0.15) is 0 Å². The highest BCUT2D eigenvalue weighted by atomic mass is 32.1. The molecule has 2 heterocycles. The molecule has 0 aliphatic carbocycles. The van der Waals surface area contributed by atoms with Crippen LogP contribution < -0.4 is 0 Å². The number of aromatic carboxylic acids is 1. The molecular weight excluding hydrogens is 290 g/mol. The molecular formula is C14H11N3O3S. The number of hydrogen-bond donors (Lipinski definition) is 2. The molecule has 0 unspecified atom stereocenters. The van der Waals surface area contributed by atoms with Crippen molar-refractivity contribution in [2.45, 2.75) is 6.54 Å². The van der Waals surface area contributed by atoms with Crippen LogP contribution in [0, 0.1) is 0 Å². The van der Waals surface area contributed by atoms with Crippen molar-refractivity contribution in [1.82, 2.24) is 15.0 Å². The molecule has 106 valence electrons. The number of nitrogens with zero attached hydrogens (tertiary/aromatic N) is 3. The molecule has 0 atom stereocenters. The van der Waals surface area contributed by atoms with Crippen molar-refractivity contribution in [3.63, 3.8) is 0 Å². The normalized spacial score (nSPS) is 10.7. The number of thiophene rings is 1. The van der Waals surface area contributed by atoms with Crippen LogP contribution in [0.4, 0.5) is 0 Å². The Hall–Kier alpha value is -2.67. The zero-order chi connectivity index (χ0) is 14.8. The number of carbonyl (C=O) groups is 1. The average molecular weight is 301 g/mol. The monoisotopic (exact) mass is 301 g/mol. The van der Waals surface area contributed by atoms with Crippen LogP contribution in [0.2, 0.25) is 0 Å². The van der Waals surface area contributed by atoms with E-state index < -0.39 is 5.97 Å². The molecule has 0 radical (unpaired) electrons. The predicted molar refractivity (Wildman–Crippen MR) is 77.5 cm³/mol. The number of aromatic nitrogens is 3. The van der Waals surface area contributed by atoms with Gasteiger partial charge in [0.1, 0.15) is 11.4 Å². The van der Waals surface area contributed by atoms with Gasteiger partial charge in [0, 0.05) is 0 Å². The summed E-state index contributed by atoms with van der Waals surface area (Å²) >= 11 is 1.43. The number of carboxylic acids is 1. The first kappa shape index (κ1) is 13.3. The molecule has 1 aromatic carbocycles. The van der Waals surface area contributed by atoms with Gasteiger partial charge in [-0.05, 0) is 29.1 Å². The van der Waals surface area contributed by atoms with Gasteiger partial charge in [0.15, 0.2) is 5.69 Å². The van der Waals surface area contributed by atoms with Crippen LogP contribution in [0.25, 0.3) is 10.6 Å². The molecule has 0 spiro atoms. The lowest BCUT2D eigenvalue weighted by Gasteiger charge is -2.06. The second-order valence-electron chi connectivity index (χ2n) is 4.40. The topological polar surface area (TPSA) is 88.2 Å². The summed E-state index contributed by atoms with van der Waals surface area (Å²) in [5.41, 5.74) is 1.22. The van der Waals surface area contributed by atoms with Gasteiger partial charge in [0.2, 0.25) is 0 Å². The van der Waals surface area contributed by atoms with E-state index in [1.165, 1.54) is 16.0 Å². The molecule has 0 aliphatic rings. The standard InChI is InChI=1S/C14H11N3O3S/c18-10-4-1-3-9(7-10)8-17-13(11-5-2-6-21-11)12(14(19)20)15-16-17/h1-7,18H,8H2,(H,19,20). The summed E-state index contributed by atoms with van der Waals surface area (Å²) in [4.78, 5) is 12.1. The van der Waals surface area contributed by atoms with Crippen molar-refractivity contribution in [3.05, 3.63) is 53.0 Å². The molecule has 0 saturated carbocycles. The SMILES string of the molecule is O=C(O)c1nnn(Cc2cccc(O)c2)c1-c1cccs1. The van der Waals surface area contributed by atoms with E-state index in [1.807, 2.05) is 23.6 Å². The van der Waals surface area contributed by atoms with E-state index in [1.54, 1.807) is 18.2 Å². The van der Waals surface area contributed by atoms with Gasteiger partial charge >= 0.3 is 5.97 Å². The predicted octanol–water partition coefficient (Wildman–Crippen LogP) is 2.46. The molecule has 3 aromatic rings. The summed E-state index contributed by atoms with van der Waals surface area (Å²) in [6, 6.07) is 10.4. The molecule has 0 amide bonds. The maximum atomic E-state index is 11.3. The van der Waals surface area contributed by atoms with Gasteiger partial charge in [-0.1, -0.05) is 23.4 Å². The van der Waals surface area contributed by atoms with Crippen molar-refractivity contribution < 1.29 is 15.0 Å². The van der Waals surface area contributed by atoms with Crippen LogP contribution in [-0.2, 0) is 6.54 Å². The maximum absolute atomic E-state index is 11.3. The second kappa shape index (κ2) is 5.37. The van der Waals surface area contributed by atoms with E-state index in [4.69, 9.17) is 0 Å². The third-order valence-corrected chi connectivity index (χ3v) is 3.81. The Morgan fingerprint density at radius 1 is 1.29 bits per heavy atom. The Balaban J connectivity index is 2.05. The Kier molecular flexibility index (Phi) is 3.41. The summed E-state index contributed by atoms with van der Waals surface area (Å²) in [7, 11) is 0. The van der Waals surface area contributed by atoms with Gasteiger partial charge in [-0.15, -0.1) is 16.4 Å². The molecule has 3 rings (SSSR count). The third-order valence-electron chi connectivity index (χ3n) is 2.94. The minimum Gasteiger partial charge on any atom is -0.508 e. The summed E-state index contributed by atoms with van der Waals surface area (Å²) < 4.78 is 1.53. The van der Waals surface area contributed by atoms with Gasteiger partial charge in [0.05, 0.1) is 11.4 Å². The molecule has 0 bridgehead atoms. The number of phenolic OH excluding ortho intramolecular Hbond substituents is 1. The number of rotatable bonds is 4. The van der Waals surface area contributed by atoms with Crippen LogP contribution in [-0.4, -0.2) is 31.2 Å². The fraction of sp³-hybridized carbons (Fsp3) is 0.0714. The highest BCUT2D eigenvalue weighted by molar-refractivity contribution is 7.13. The number of benzene rings is 1. The van der Waals surface area contributed by atoms with E-state index in [-0.39, 0.29) is 11.4 Å². The lowest BCUT2D eigenvalue weighted by molar-refractivity contribution is 0.0691. The van der Waals surface area contributed by atoms with Crippen LogP contribution in [0.5, 0.6) is 5.75 Å². The van der Waals surface area contributed by atoms with E-state index in [0.29, 0.717) is 12.2 Å². The van der Waals surface area contributed by atoms with Gasteiger partial charge < -0.3 is 10.2 Å². The molecule has 0 fully saturated rings. The minimum atomic E-state index is -1.11. The molecule has 2 N–H and O–H groups in total. The van der Waals surface area contributed by atoms with E-state index in [9.17, 15) is 15.0 Å². The Labute approximate surface area is 123 Å². The fourth-order valence-corrected chi connectivity index (χ4v) is 2.83. The Morgan fingerprint density at radius 2 is 2.14 bits per heavy atom. The molecule has 0 aliphatic heterocycles. The van der Waals surface area contributed by atoms with E-state index in [0.717, 1.165) is 10.4 Å². The van der Waals surface area contributed by atoms with Crippen molar-refractivity contribution in [2.75, 3.05) is 0 Å². The smallest absolute Gasteiger partial charge is 0.358 e. The van der Waals surface area contributed by atoms with E-state index in [2.05, 4.69) is 10.3 Å². The van der Waals surface area contributed by atoms with Crippen LogP contribution in [0.15, 0.2) is 41.8 Å². The van der Waals surface area contributed by atoms with Gasteiger partial charge in [0.25, 0.3) is 0 Å². The number of aromatic hydroxyl groups is 1. The first-order chi connectivity index (χ1) is 10.1. The minimum absolute atomic E-state index is 0.0717. The molecule has 2 aromatic heterocycles. The van der Waals surface area contributed by atoms with E-state index >= 15 is 0 Å². The lowest BCUT2D eigenvalue weighted by atomic mass is 10.2. The van der Waals surface area contributed by atoms with Crippen molar-refractivity contribution >= 4 is 17.3 Å². The number of hydrogen-bond acceptors (Lipinski definition) is 5. The summed E-state index contributed by atoms with van der Waals surface area (Å²) in [6.07, 6.45) is 0. The summed E-state index contributed by atoms with van der Waals surface area (Å²) in [5, 5.41) is 28.3. The Morgan fingerprint density at radius 3 is 2.81 bits per heavy atom. The van der Waals surface area contributed by atoms with Crippen molar-refractivity contribution in [1.29, 1.82) is 0 Å². The summed E-state index contributed by atoms with van der Waals surface area (Å²) in [5.74, 6) is -0.954. The van der Waals surface area contributed by atoms with Crippen LogP contribution in [0.1, 0.15) is 16.1 Å². The van der Waals surface area contributed by atoms with Crippen molar-refractivity contribution in [2.24, 2.45) is 0 Å². The largest absolute Gasteiger partial charge is 0.508 e. The fourth-order valence-electron chi connectivity index (χ4n) is 2.05. The Bertz CT molecular complexity index is 781. The molecule has 0 saturated heterocycles. The molecule has 7 heteroatoms. The molecule has 21 heavy (non-hydrogen) atoms. The van der Waals surface area contributed by atoms with Crippen LogP contribution in [0.3, 0.4) is 0 Å². The first-order valence-electron chi connectivity index (χ1n) is 6.13. The number of carboxylic acid groups (broad SMARTS) is 1. The molecule has 6 nitrogen and oxygen atoms in total. The highest BCUT2D eigenvalue weighted by Gasteiger charge is 2.21. The quantitative estimate of drug-likeness (QED) is 0.772.